The van der Waals surface area contributed by atoms with Crippen LogP contribution < -0.4 is 4.74 Å². The van der Waals surface area contributed by atoms with Crippen LogP contribution in [0.25, 0.3) is 0 Å². The van der Waals surface area contributed by atoms with Gasteiger partial charge in [0.2, 0.25) is 0 Å². The number of hydrogen-bond acceptors (Lipinski definition) is 5. The first kappa shape index (κ1) is 22.2. The summed E-state index contributed by atoms with van der Waals surface area (Å²) in [6.07, 6.45) is 13.2. The second kappa shape index (κ2) is 11.7. The number of carboxylic acid groups (broad SMARTS) is 1. The fourth-order valence-corrected chi connectivity index (χ4v) is 4.31. The number of aryl methyl sites for hydroxylation is 1. The number of carboxylic acids is 1. The fourth-order valence-electron chi connectivity index (χ4n) is 4.31. The van der Waals surface area contributed by atoms with E-state index in [4.69, 9.17) is 4.74 Å². The molecule has 3 rings (SSSR count). The average Bonchev–Trinajstić information content (AvgIpc) is 3.13. The van der Waals surface area contributed by atoms with Gasteiger partial charge in [0.05, 0.1) is 18.9 Å². The van der Waals surface area contributed by atoms with Gasteiger partial charge in [-0.1, -0.05) is 63.5 Å². The standard InChI is InChI=1S/C23H34N4O3/c1-27-23(24-25-26-27)21(16-22(28)29)19-12-14-20(15-13-19)30-17-18-10-8-6-4-2-3-5-7-9-11-18/h12-15,18,21H,2-11,16-17H2,1H3,(H,28,29). The van der Waals surface area contributed by atoms with Gasteiger partial charge in [-0.25, -0.2) is 4.68 Å². The Morgan fingerprint density at radius 2 is 1.67 bits per heavy atom. The number of aromatic nitrogens is 4. The lowest BCUT2D eigenvalue weighted by Gasteiger charge is -2.18. The molecule has 1 aliphatic rings. The lowest BCUT2D eigenvalue weighted by Crippen LogP contribution is -2.14. The van der Waals surface area contributed by atoms with Crippen molar-refractivity contribution in [2.24, 2.45) is 13.0 Å². The van der Waals surface area contributed by atoms with Crippen LogP contribution in [0.4, 0.5) is 0 Å². The quantitative estimate of drug-likeness (QED) is 0.705. The van der Waals surface area contributed by atoms with Gasteiger partial charge in [-0.3, -0.25) is 4.79 Å². The summed E-state index contributed by atoms with van der Waals surface area (Å²) < 4.78 is 7.64. The highest BCUT2D eigenvalue weighted by atomic mass is 16.5. The van der Waals surface area contributed by atoms with E-state index in [1.54, 1.807) is 7.05 Å². The number of ether oxygens (including phenoxy) is 1. The lowest BCUT2D eigenvalue weighted by molar-refractivity contribution is -0.137. The SMILES string of the molecule is Cn1nnnc1C(CC(=O)O)c1ccc(OCC2CCCCCCCCCC2)cc1. The Balaban J connectivity index is 1.59. The second-order valence-corrected chi connectivity index (χ2v) is 8.46. The summed E-state index contributed by atoms with van der Waals surface area (Å²) in [6, 6.07) is 7.71. The highest BCUT2D eigenvalue weighted by molar-refractivity contribution is 5.68. The Morgan fingerprint density at radius 1 is 1.07 bits per heavy atom. The minimum atomic E-state index is -0.880. The summed E-state index contributed by atoms with van der Waals surface area (Å²) in [5.74, 6) is 0.725. The topological polar surface area (TPSA) is 90.1 Å². The number of carbonyl (C=O) groups is 1. The number of nitrogens with zero attached hydrogens (tertiary/aromatic N) is 4. The molecule has 2 aromatic rings. The zero-order chi connectivity index (χ0) is 21.2. The van der Waals surface area contributed by atoms with Crippen molar-refractivity contribution in [3.05, 3.63) is 35.7 Å². The molecule has 1 heterocycles. The molecule has 0 saturated heterocycles. The van der Waals surface area contributed by atoms with Gasteiger partial charge in [0, 0.05) is 7.05 Å². The van der Waals surface area contributed by atoms with Crippen LogP contribution in [0.5, 0.6) is 5.75 Å². The molecule has 1 saturated carbocycles. The van der Waals surface area contributed by atoms with Crippen LogP contribution in [-0.2, 0) is 11.8 Å². The molecule has 7 nitrogen and oxygen atoms in total. The van der Waals surface area contributed by atoms with E-state index in [2.05, 4.69) is 15.5 Å². The predicted molar refractivity (Wildman–Crippen MR) is 114 cm³/mol. The summed E-state index contributed by atoms with van der Waals surface area (Å²) in [5, 5.41) is 20.8. The number of hydrogen-bond donors (Lipinski definition) is 1. The minimum absolute atomic E-state index is 0.0590. The molecule has 1 aromatic heterocycles. The largest absolute Gasteiger partial charge is 0.493 e. The molecule has 1 atom stereocenters. The van der Waals surface area contributed by atoms with E-state index < -0.39 is 11.9 Å². The molecule has 30 heavy (non-hydrogen) atoms. The van der Waals surface area contributed by atoms with Crippen LogP contribution in [0, 0.1) is 5.92 Å². The molecule has 0 radical (unpaired) electrons. The average molecular weight is 415 g/mol. The molecule has 0 bridgehead atoms. The van der Waals surface area contributed by atoms with Crippen LogP contribution in [0.2, 0.25) is 0 Å². The van der Waals surface area contributed by atoms with E-state index in [1.807, 2.05) is 24.3 Å². The van der Waals surface area contributed by atoms with Gasteiger partial charge < -0.3 is 9.84 Å². The molecule has 1 aliphatic carbocycles. The maximum Gasteiger partial charge on any atom is 0.304 e. The molecule has 1 fully saturated rings. The normalized spacial score (nSPS) is 17.8. The van der Waals surface area contributed by atoms with Crippen molar-refractivity contribution in [3.63, 3.8) is 0 Å². The molecule has 164 valence electrons. The molecular weight excluding hydrogens is 380 g/mol. The van der Waals surface area contributed by atoms with Crippen molar-refractivity contribution in [3.8, 4) is 5.75 Å². The third kappa shape index (κ3) is 6.82. The first-order valence-corrected chi connectivity index (χ1v) is 11.3. The third-order valence-corrected chi connectivity index (χ3v) is 6.09. The Labute approximate surface area is 178 Å². The van der Waals surface area contributed by atoms with Crippen LogP contribution >= 0.6 is 0 Å². The third-order valence-electron chi connectivity index (χ3n) is 6.09. The van der Waals surface area contributed by atoms with Crippen LogP contribution in [-0.4, -0.2) is 37.9 Å². The van der Waals surface area contributed by atoms with Crippen molar-refractivity contribution < 1.29 is 14.6 Å². The second-order valence-electron chi connectivity index (χ2n) is 8.46. The zero-order valence-corrected chi connectivity index (χ0v) is 18.0. The van der Waals surface area contributed by atoms with Crippen molar-refractivity contribution >= 4 is 5.97 Å². The van der Waals surface area contributed by atoms with E-state index in [1.165, 1.54) is 68.9 Å². The molecule has 0 amide bonds. The van der Waals surface area contributed by atoms with Crippen molar-refractivity contribution in [2.45, 2.75) is 76.5 Å². The number of benzene rings is 1. The van der Waals surface area contributed by atoms with Crippen LogP contribution in [0.1, 0.15) is 87.9 Å². The Kier molecular flexibility index (Phi) is 8.66. The van der Waals surface area contributed by atoms with Gasteiger partial charge in [-0.05, 0) is 46.9 Å². The van der Waals surface area contributed by atoms with Gasteiger partial charge in [-0.2, -0.15) is 0 Å². The van der Waals surface area contributed by atoms with Crippen LogP contribution in [0.15, 0.2) is 24.3 Å². The summed E-state index contributed by atoms with van der Waals surface area (Å²) in [6.45, 7) is 0.755. The van der Waals surface area contributed by atoms with E-state index in [0.717, 1.165) is 17.9 Å². The van der Waals surface area contributed by atoms with Crippen molar-refractivity contribution in [1.82, 2.24) is 20.2 Å². The summed E-state index contributed by atoms with van der Waals surface area (Å²) in [5.41, 5.74) is 0.873. The van der Waals surface area contributed by atoms with Crippen molar-refractivity contribution in [1.29, 1.82) is 0 Å². The molecule has 0 aliphatic heterocycles. The molecule has 1 unspecified atom stereocenters. The summed E-state index contributed by atoms with van der Waals surface area (Å²) in [4.78, 5) is 11.4. The minimum Gasteiger partial charge on any atom is -0.493 e. The van der Waals surface area contributed by atoms with E-state index in [9.17, 15) is 9.90 Å². The molecule has 1 N–H and O–H groups in total. The monoisotopic (exact) mass is 414 g/mol. The van der Waals surface area contributed by atoms with E-state index in [0.29, 0.717) is 11.7 Å². The Morgan fingerprint density at radius 3 is 2.20 bits per heavy atom. The fraction of sp³-hybridized carbons (Fsp3) is 0.652. The smallest absolute Gasteiger partial charge is 0.304 e. The molecule has 0 spiro atoms. The molecule has 1 aromatic carbocycles. The van der Waals surface area contributed by atoms with Gasteiger partial charge >= 0.3 is 5.97 Å². The van der Waals surface area contributed by atoms with Crippen molar-refractivity contribution in [2.75, 3.05) is 6.61 Å². The Hall–Kier alpha value is -2.44. The van der Waals surface area contributed by atoms with Gasteiger partial charge in [0.1, 0.15) is 5.75 Å². The highest BCUT2D eigenvalue weighted by Gasteiger charge is 2.23. The lowest BCUT2D eigenvalue weighted by atomic mass is 9.94. The highest BCUT2D eigenvalue weighted by Crippen LogP contribution is 2.28. The predicted octanol–water partition coefficient (Wildman–Crippen LogP) is 4.73. The van der Waals surface area contributed by atoms with Gasteiger partial charge in [0.15, 0.2) is 5.82 Å². The number of tetrazole rings is 1. The van der Waals surface area contributed by atoms with E-state index in [-0.39, 0.29) is 6.42 Å². The summed E-state index contributed by atoms with van der Waals surface area (Å²) in [7, 11) is 1.73. The number of rotatable bonds is 7. The molecule has 7 heteroatoms. The number of aliphatic carboxylic acids is 1. The maximum absolute atomic E-state index is 11.4. The maximum atomic E-state index is 11.4. The first-order chi connectivity index (χ1) is 14.6. The van der Waals surface area contributed by atoms with E-state index >= 15 is 0 Å². The summed E-state index contributed by atoms with van der Waals surface area (Å²) >= 11 is 0. The first-order valence-electron chi connectivity index (χ1n) is 11.3. The van der Waals surface area contributed by atoms with Crippen LogP contribution in [0.3, 0.4) is 0 Å². The zero-order valence-electron chi connectivity index (χ0n) is 18.0. The van der Waals surface area contributed by atoms with Gasteiger partial charge in [-0.15, -0.1) is 5.10 Å². The molecular formula is C23H34N4O3. The van der Waals surface area contributed by atoms with Gasteiger partial charge in [0.25, 0.3) is 0 Å². The Bertz CT molecular complexity index is 763.